The zero-order valence-corrected chi connectivity index (χ0v) is 16.9. The topological polar surface area (TPSA) is 94.3 Å². The highest BCUT2D eigenvalue weighted by Crippen LogP contribution is 2.41. The molecule has 3 N–H and O–H groups in total. The maximum absolute atomic E-state index is 10.8. The van der Waals surface area contributed by atoms with Gasteiger partial charge in [-0.1, -0.05) is 0 Å². The quantitative estimate of drug-likeness (QED) is 0.533. The van der Waals surface area contributed by atoms with Gasteiger partial charge in [0.05, 0.1) is 17.5 Å². The fourth-order valence-electron chi connectivity index (χ4n) is 5.14. The van der Waals surface area contributed by atoms with Gasteiger partial charge >= 0.3 is 0 Å². The molecule has 154 valence electrons. The number of hydrogen-bond acceptors (Lipinski definition) is 5. The molecule has 4 aromatic rings. The maximum atomic E-state index is 10.8. The van der Waals surface area contributed by atoms with Crippen LogP contribution in [0.5, 0.6) is 0 Å². The molecule has 7 nitrogen and oxygen atoms in total. The number of nitrogen functional groups attached to an aromatic ring is 1. The Labute approximate surface area is 174 Å². The van der Waals surface area contributed by atoms with Crippen LogP contribution in [0.3, 0.4) is 0 Å². The lowest BCUT2D eigenvalue weighted by molar-refractivity contribution is 0.136. The van der Waals surface area contributed by atoms with Crippen LogP contribution in [0.25, 0.3) is 16.7 Å². The number of hydrogen-bond donors (Lipinski definition) is 2. The van der Waals surface area contributed by atoms with E-state index in [2.05, 4.69) is 42.2 Å². The number of aliphatic hydroxyl groups is 1. The zero-order valence-electron chi connectivity index (χ0n) is 16.9. The van der Waals surface area contributed by atoms with Gasteiger partial charge < -0.3 is 19.8 Å². The van der Waals surface area contributed by atoms with E-state index in [0.29, 0.717) is 17.7 Å². The van der Waals surface area contributed by atoms with Crippen molar-refractivity contribution in [2.45, 2.75) is 56.6 Å². The lowest BCUT2D eigenvalue weighted by Crippen LogP contribution is -2.17. The van der Waals surface area contributed by atoms with Crippen LogP contribution in [0.2, 0.25) is 0 Å². The second kappa shape index (κ2) is 6.80. The Balaban J connectivity index is 1.16. The average Bonchev–Trinajstić information content (AvgIpc) is 3.19. The van der Waals surface area contributed by atoms with Gasteiger partial charge in [-0.15, -0.1) is 0 Å². The van der Waals surface area contributed by atoms with Gasteiger partial charge in [0, 0.05) is 30.2 Å². The Morgan fingerprint density at radius 2 is 2.00 bits per heavy atom. The molecule has 0 saturated heterocycles. The number of nitrogens with zero attached hydrogens (tertiary/aromatic N) is 5. The molecule has 30 heavy (non-hydrogen) atoms. The van der Waals surface area contributed by atoms with Crippen molar-refractivity contribution in [3.63, 3.8) is 0 Å². The highest BCUT2D eigenvalue weighted by atomic mass is 16.3. The van der Waals surface area contributed by atoms with Gasteiger partial charge in [-0.05, 0) is 68.2 Å². The van der Waals surface area contributed by atoms with E-state index in [9.17, 15) is 5.11 Å². The summed E-state index contributed by atoms with van der Waals surface area (Å²) in [6.45, 7) is 0. The Morgan fingerprint density at radius 3 is 2.87 bits per heavy atom. The van der Waals surface area contributed by atoms with Crippen molar-refractivity contribution >= 4 is 22.5 Å². The monoisotopic (exact) mass is 402 g/mol. The number of aryl methyl sites for hydroxylation is 1. The molecule has 2 fully saturated rings. The van der Waals surface area contributed by atoms with Crippen molar-refractivity contribution < 1.29 is 5.11 Å². The first-order valence-electron chi connectivity index (χ1n) is 10.9. The normalized spacial score (nSPS) is 24.2. The highest BCUT2D eigenvalue weighted by molar-refractivity contribution is 5.86. The fourth-order valence-corrected chi connectivity index (χ4v) is 5.14. The van der Waals surface area contributed by atoms with Gasteiger partial charge in [-0.2, -0.15) is 0 Å². The van der Waals surface area contributed by atoms with Crippen LogP contribution < -0.4 is 5.73 Å². The van der Waals surface area contributed by atoms with Gasteiger partial charge in [-0.25, -0.2) is 15.0 Å². The largest absolute Gasteiger partial charge is 0.391 e. The number of fused-ring (bicyclic) bond motifs is 2. The molecule has 0 bridgehead atoms. The fraction of sp³-hybridized carbons (Fsp3) is 0.435. The van der Waals surface area contributed by atoms with Gasteiger partial charge in [0.25, 0.3) is 0 Å². The number of imidazole rings is 1. The summed E-state index contributed by atoms with van der Waals surface area (Å²) in [5, 5.41) is 11.6. The van der Waals surface area contributed by atoms with Crippen LogP contribution in [-0.4, -0.2) is 35.1 Å². The summed E-state index contributed by atoms with van der Waals surface area (Å²) in [7, 11) is 0. The molecule has 3 atom stereocenters. The van der Waals surface area contributed by atoms with Crippen LogP contribution in [0.1, 0.15) is 55.3 Å². The van der Waals surface area contributed by atoms with Crippen molar-refractivity contribution in [3.8, 4) is 0 Å². The number of pyridine rings is 1. The summed E-state index contributed by atoms with van der Waals surface area (Å²) < 4.78 is 4.31. The van der Waals surface area contributed by atoms with E-state index in [0.717, 1.165) is 42.4 Å². The van der Waals surface area contributed by atoms with E-state index in [1.165, 1.54) is 30.4 Å². The molecule has 0 spiro atoms. The van der Waals surface area contributed by atoms with Gasteiger partial charge in [0.1, 0.15) is 23.4 Å². The number of aliphatic hydroxyl groups excluding tert-OH is 1. The van der Waals surface area contributed by atoms with Crippen molar-refractivity contribution in [1.29, 1.82) is 0 Å². The van der Waals surface area contributed by atoms with Crippen molar-refractivity contribution in [1.82, 2.24) is 23.9 Å². The molecular formula is C23H26N6O. The molecule has 4 heterocycles. The summed E-state index contributed by atoms with van der Waals surface area (Å²) in [6.07, 6.45) is 13.7. The molecule has 0 radical (unpaired) electrons. The lowest BCUT2D eigenvalue weighted by atomic mass is 9.98. The minimum absolute atomic E-state index is 0.0395. The molecular weight excluding hydrogens is 376 g/mol. The van der Waals surface area contributed by atoms with Gasteiger partial charge in [0.15, 0.2) is 0 Å². The third-order valence-corrected chi connectivity index (χ3v) is 6.93. The van der Waals surface area contributed by atoms with E-state index in [-0.39, 0.29) is 12.1 Å². The number of nitrogens with two attached hydrogens (primary N) is 1. The van der Waals surface area contributed by atoms with Gasteiger partial charge in [0.2, 0.25) is 0 Å². The molecule has 0 aromatic carbocycles. The van der Waals surface area contributed by atoms with Crippen molar-refractivity contribution in [2.24, 2.45) is 5.92 Å². The minimum Gasteiger partial charge on any atom is -0.391 e. The summed E-state index contributed by atoms with van der Waals surface area (Å²) in [4.78, 5) is 13.1. The van der Waals surface area contributed by atoms with E-state index in [4.69, 9.17) is 5.73 Å². The van der Waals surface area contributed by atoms with E-state index >= 15 is 0 Å². The summed E-state index contributed by atoms with van der Waals surface area (Å²) >= 11 is 0. The number of aromatic nitrogens is 5. The molecule has 0 unspecified atom stereocenters. The first-order chi connectivity index (χ1) is 14.7. The first kappa shape index (κ1) is 17.9. The standard InChI is InChI=1S/C23H26N6O/c24-22-17-6-8-29(23(17)27-13-26-22)18-9-15(10-20(18)30)2-1-14-5-7-28-19(16-3-4-16)12-25-21(28)11-14/h5-8,11-13,15-16,18,20,30H,1-4,9-10H2,(H2,24,26,27)/t15-,18+,20+/m0/s1. The number of anilines is 1. The minimum atomic E-state index is -0.363. The third kappa shape index (κ3) is 2.96. The van der Waals surface area contributed by atoms with Crippen molar-refractivity contribution in [2.75, 3.05) is 5.73 Å². The number of rotatable bonds is 5. The average molecular weight is 403 g/mol. The predicted octanol–water partition coefficient (Wildman–Crippen LogP) is 3.48. The molecule has 0 amide bonds. The molecule has 2 saturated carbocycles. The molecule has 0 aliphatic heterocycles. The van der Waals surface area contributed by atoms with E-state index < -0.39 is 0 Å². The highest BCUT2D eigenvalue weighted by Gasteiger charge is 2.34. The second-order valence-electron chi connectivity index (χ2n) is 8.95. The van der Waals surface area contributed by atoms with Crippen LogP contribution in [0.15, 0.2) is 43.1 Å². The lowest BCUT2D eigenvalue weighted by Gasteiger charge is -2.17. The van der Waals surface area contributed by atoms with Crippen LogP contribution >= 0.6 is 0 Å². The van der Waals surface area contributed by atoms with Gasteiger partial charge in [-0.3, -0.25) is 0 Å². The first-order valence-corrected chi connectivity index (χ1v) is 10.9. The SMILES string of the molecule is Nc1ncnc2c1ccn2[C@@H]1C[C@H](CCc2ccn3c(C4CC4)cnc3c2)C[C@H]1O. The Morgan fingerprint density at radius 1 is 1.10 bits per heavy atom. The predicted molar refractivity (Wildman–Crippen MR) is 115 cm³/mol. The maximum Gasteiger partial charge on any atom is 0.145 e. The Hall–Kier alpha value is -2.93. The van der Waals surface area contributed by atoms with E-state index in [1.807, 2.05) is 18.5 Å². The molecule has 7 heteroatoms. The smallest absolute Gasteiger partial charge is 0.145 e. The summed E-state index contributed by atoms with van der Waals surface area (Å²) in [6, 6.07) is 6.43. The molecule has 6 rings (SSSR count). The van der Waals surface area contributed by atoms with E-state index in [1.54, 1.807) is 0 Å². The second-order valence-corrected chi connectivity index (χ2v) is 8.95. The Bertz CT molecular complexity index is 1220. The molecule has 4 aromatic heterocycles. The molecule has 2 aliphatic rings. The third-order valence-electron chi connectivity index (χ3n) is 6.93. The zero-order chi connectivity index (χ0) is 20.2. The van der Waals surface area contributed by atoms with Crippen LogP contribution in [0, 0.1) is 5.92 Å². The summed E-state index contributed by atoms with van der Waals surface area (Å²) in [5.74, 6) is 1.68. The van der Waals surface area contributed by atoms with Crippen LogP contribution in [0.4, 0.5) is 5.82 Å². The Kier molecular flexibility index (Phi) is 4.06. The molecule has 2 aliphatic carbocycles. The van der Waals surface area contributed by atoms with Crippen LogP contribution in [-0.2, 0) is 6.42 Å². The van der Waals surface area contributed by atoms with Crippen molar-refractivity contribution in [3.05, 3.63) is 54.4 Å². The summed E-state index contributed by atoms with van der Waals surface area (Å²) in [5.41, 5.74) is 10.5.